The predicted octanol–water partition coefficient (Wildman–Crippen LogP) is 1.74. The van der Waals surface area contributed by atoms with E-state index in [0.717, 1.165) is 0 Å². The van der Waals surface area contributed by atoms with Crippen molar-refractivity contribution in [2.75, 3.05) is 24.5 Å². The van der Waals surface area contributed by atoms with Crippen molar-refractivity contribution in [2.24, 2.45) is 0 Å². The Bertz CT molecular complexity index is 728. The summed E-state index contributed by atoms with van der Waals surface area (Å²) in [6, 6.07) is 17.8. The van der Waals surface area contributed by atoms with Crippen LogP contribution in [0.25, 0.3) is 0 Å². The molecule has 23 heavy (non-hydrogen) atoms. The van der Waals surface area contributed by atoms with Crippen molar-refractivity contribution in [1.82, 2.24) is 4.90 Å². The van der Waals surface area contributed by atoms with Gasteiger partial charge in [0.2, 0.25) is 0 Å². The molecule has 1 fully saturated rings. The molecule has 2 aromatic rings. The minimum atomic E-state index is -0.635. The van der Waals surface area contributed by atoms with Crippen LogP contribution in [0.3, 0.4) is 0 Å². The van der Waals surface area contributed by atoms with E-state index in [1.165, 1.54) is 9.80 Å². The summed E-state index contributed by atoms with van der Waals surface area (Å²) in [5.74, 6) is -1.40. The maximum Gasteiger partial charge on any atom is 0.316 e. The fourth-order valence-electron chi connectivity index (χ4n) is 2.57. The number of carbonyl (C=O) groups is 3. The number of piperazine rings is 1. The molecule has 0 unspecified atom stereocenters. The number of Topliss-reactive ketones (excluding diaryl/α,β-unsaturated/α-hetero) is 1. The second-order valence-corrected chi connectivity index (χ2v) is 5.31. The summed E-state index contributed by atoms with van der Waals surface area (Å²) in [6.45, 7) is 0.659. The first-order valence-electron chi connectivity index (χ1n) is 7.41. The fraction of sp³-hybridized carbons (Fsp3) is 0.167. The molecule has 5 heteroatoms. The van der Waals surface area contributed by atoms with Crippen molar-refractivity contribution in [2.45, 2.75) is 0 Å². The molecule has 0 radical (unpaired) electrons. The van der Waals surface area contributed by atoms with E-state index in [-0.39, 0.29) is 12.3 Å². The number of ketones is 1. The standard InChI is InChI=1S/C18H16N2O3/c21-16(14-7-3-1-4-8-14)13-19-11-12-20(18(23)17(19)22)15-9-5-2-6-10-15/h1-10H,11-13H2. The summed E-state index contributed by atoms with van der Waals surface area (Å²) in [5.41, 5.74) is 1.23. The molecule has 1 aliphatic rings. The lowest BCUT2D eigenvalue weighted by atomic mass is 10.1. The van der Waals surface area contributed by atoms with Gasteiger partial charge in [-0.15, -0.1) is 0 Å². The van der Waals surface area contributed by atoms with Crippen molar-refractivity contribution < 1.29 is 14.4 Å². The lowest BCUT2D eigenvalue weighted by Crippen LogP contribution is -2.55. The zero-order chi connectivity index (χ0) is 16.2. The second-order valence-electron chi connectivity index (χ2n) is 5.31. The fourth-order valence-corrected chi connectivity index (χ4v) is 2.57. The van der Waals surface area contributed by atoms with E-state index in [0.29, 0.717) is 24.3 Å². The zero-order valence-corrected chi connectivity index (χ0v) is 12.5. The van der Waals surface area contributed by atoms with Crippen LogP contribution in [-0.4, -0.2) is 42.1 Å². The number of benzene rings is 2. The van der Waals surface area contributed by atoms with Crippen molar-refractivity contribution >= 4 is 23.3 Å². The molecular weight excluding hydrogens is 292 g/mol. The van der Waals surface area contributed by atoms with Crippen LogP contribution in [0.4, 0.5) is 5.69 Å². The summed E-state index contributed by atoms with van der Waals surface area (Å²) in [5, 5.41) is 0. The third-order valence-corrected chi connectivity index (χ3v) is 3.81. The average Bonchev–Trinajstić information content (AvgIpc) is 2.60. The monoisotopic (exact) mass is 308 g/mol. The van der Waals surface area contributed by atoms with E-state index < -0.39 is 11.8 Å². The van der Waals surface area contributed by atoms with Gasteiger partial charge in [0.05, 0.1) is 6.54 Å². The zero-order valence-electron chi connectivity index (χ0n) is 12.5. The molecule has 0 aliphatic carbocycles. The molecule has 0 aromatic heterocycles. The molecule has 2 aromatic carbocycles. The summed E-state index contributed by atoms with van der Waals surface area (Å²) in [4.78, 5) is 39.5. The molecule has 116 valence electrons. The van der Waals surface area contributed by atoms with Crippen LogP contribution >= 0.6 is 0 Å². The van der Waals surface area contributed by atoms with E-state index in [4.69, 9.17) is 0 Å². The first-order valence-corrected chi connectivity index (χ1v) is 7.41. The Hall–Kier alpha value is -2.95. The van der Waals surface area contributed by atoms with Crippen LogP contribution in [-0.2, 0) is 9.59 Å². The maximum atomic E-state index is 12.3. The minimum Gasteiger partial charge on any atom is -0.325 e. The van der Waals surface area contributed by atoms with Crippen LogP contribution in [0.15, 0.2) is 60.7 Å². The molecule has 1 aliphatic heterocycles. The number of carbonyl (C=O) groups excluding carboxylic acids is 3. The Balaban J connectivity index is 1.70. The third kappa shape index (κ3) is 3.13. The Morgan fingerprint density at radius 1 is 0.826 bits per heavy atom. The van der Waals surface area contributed by atoms with Crippen molar-refractivity contribution in [3.05, 3.63) is 66.2 Å². The predicted molar refractivity (Wildman–Crippen MR) is 86.1 cm³/mol. The number of para-hydroxylation sites is 1. The van der Waals surface area contributed by atoms with Gasteiger partial charge in [0.15, 0.2) is 5.78 Å². The molecule has 3 rings (SSSR count). The highest BCUT2D eigenvalue weighted by Gasteiger charge is 2.34. The van der Waals surface area contributed by atoms with Crippen molar-refractivity contribution in [3.8, 4) is 0 Å². The first-order chi connectivity index (χ1) is 11.2. The van der Waals surface area contributed by atoms with Gasteiger partial charge in [-0.3, -0.25) is 14.4 Å². The molecule has 1 heterocycles. The Kier molecular flexibility index (Phi) is 4.19. The largest absolute Gasteiger partial charge is 0.325 e. The van der Waals surface area contributed by atoms with E-state index in [1.807, 2.05) is 24.3 Å². The van der Waals surface area contributed by atoms with Gasteiger partial charge in [-0.05, 0) is 12.1 Å². The van der Waals surface area contributed by atoms with E-state index >= 15 is 0 Å². The molecule has 0 bridgehead atoms. The number of rotatable bonds is 4. The van der Waals surface area contributed by atoms with Gasteiger partial charge in [-0.1, -0.05) is 48.5 Å². The number of anilines is 1. The summed E-state index contributed by atoms with van der Waals surface area (Å²) >= 11 is 0. The summed E-state index contributed by atoms with van der Waals surface area (Å²) in [7, 11) is 0. The van der Waals surface area contributed by atoms with Gasteiger partial charge in [0, 0.05) is 24.3 Å². The lowest BCUT2D eigenvalue weighted by molar-refractivity contribution is -0.145. The second kappa shape index (κ2) is 6.44. The SMILES string of the molecule is O=C(CN1CCN(c2ccccc2)C(=O)C1=O)c1ccccc1. The van der Waals surface area contributed by atoms with Crippen LogP contribution in [0.2, 0.25) is 0 Å². The molecule has 0 saturated carbocycles. The Labute approximate surface area is 134 Å². The molecular formula is C18H16N2O3. The number of hydrogen-bond donors (Lipinski definition) is 0. The van der Waals surface area contributed by atoms with Gasteiger partial charge in [0.25, 0.3) is 0 Å². The van der Waals surface area contributed by atoms with Gasteiger partial charge in [-0.25, -0.2) is 0 Å². The van der Waals surface area contributed by atoms with E-state index in [1.54, 1.807) is 36.4 Å². The number of hydrogen-bond acceptors (Lipinski definition) is 3. The molecule has 0 atom stereocenters. The topological polar surface area (TPSA) is 57.7 Å². The smallest absolute Gasteiger partial charge is 0.316 e. The quantitative estimate of drug-likeness (QED) is 0.638. The van der Waals surface area contributed by atoms with E-state index in [9.17, 15) is 14.4 Å². The highest BCUT2D eigenvalue weighted by Crippen LogP contribution is 2.17. The molecule has 5 nitrogen and oxygen atoms in total. The minimum absolute atomic E-state index is 0.0722. The molecule has 0 N–H and O–H groups in total. The number of nitrogens with zero attached hydrogens (tertiary/aromatic N) is 2. The third-order valence-electron chi connectivity index (χ3n) is 3.81. The first kappa shape index (κ1) is 15.0. The molecule has 0 spiro atoms. The summed E-state index contributed by atoms with van der Waals surface area (Å²) in [6.07, 6.45) is 0. The van der Waals surface area contributed by atoms with Crippen molar-refractivity contribution in [1.29, 1.82) is 0 Å². The highest BCUT2D eigenvalue weighted by molar-refractivity contribution is 6.41. The van der Waals surface area contributed by atoms with Gasteiger partial charge in [0.1, 0.15) is 0 Å². The summed E-state index contributed by atoms with van der Waals surface area (Å²) < 4.78 is 0. The maximum absolute atomic E-state index is 12.3. The number of amides is 2. The van der Waals surface area contributed by atoms with Crippen LogP contribution in [0.1, 0.15) is 10.4 Å². The molecule has 1 saturated heterocycles. The van der Waals surface area contributed by atoms with Crippen LogP contribution in [0, 0.1) is 0 Å². The molecule has 2 amide bonds. The van der Waals surface area contributed by atoms with Gasteiger partial charge in [-0.2, -0.15) is 0 Å². The average molecular weight is 308 g/mol. The van der Waals surface area contributed by atoms with Gasteiger partial charge >= 0.3 is 11.8 Å². The Morgan fingerprint density at radius 2 is 1.43 bits per heavy atom. The normalized spacial score (nSPS) is 15.0. The highest BCUT2D eigenvalue weighted by atomic mass is 16.2. The van der Waals surface area contributed by atoms with Crippen LogP contribution < -0.4 is 4.90 Å². The van der Waals surface area contributed by atoms with Crippen molar-refractivity contribution in [3.63, 3.8) is 0 Å². The lowest BCUT2D eigenvalue weighted by Gasteiger charge is -2.33. The van der Waals surface area contributed by atoms with Gasteiger partial charge < -0.3 is 9.80 Å². The van der Waals surface area contributed by atoms with Crippen LogP contribution in [0.5, 0.6) is 0 Å². The van der Waals surface area contributed by atoms with E-state index in [2.05, 4.69) is 0 Å². The Morgan fingerprint density at radius 3 is 2.09 bits per heavy atom.